The SMILES string of the molecule is CCC(C)(C)c1cc2cc(NC(=O)C(C)(C)C)ccc2[nH]1. The first kappa shape index (κ1) is 15.6. The molecular formula is C18H26N2O. The van der Waals surface area contributed by atoms with Gasteiger partial charge < -0.3 is 10.3 Å². The van der Waals surface area contributed by atoms with E-state index in [1.165, 1.54) is 5.69 Å². The van der Waals surface area contributed by atoms with Gasteiger partial charge in [0.25, 0.3) is 0 Å². The maximum absolute atomic E-state index is 12.1. The zero-order chi connectivity index (χ0) is 15.8. The topological polar surface area (TPSA) is 44.9 Å². The van der Waals surface area contributed by atoms with E-state index in [0.29, 0.717) is 0 Å². The lowest BCUT2D eigenvalue weighted by molar-refractivity contribution is -0.123. The van der Waals surface area contributed by atoms with Gasteiger partial charge in [0.2, 0.25) is 5.91 Å². The van der Waals surface area contributed by atoms with E-state index in [1.807, 2.05) is 39.0 Å². The Labute approximate surface area is 127 Å². The first-order valence-electron chi connectivity index (χ1n) is 7.58. The molecule has 1 heterocycles. The summed E-state index contributed by atoms with van der Waals surface area (Å²) in [6, 6.07) is 8.20. The molecule has 1 aromatic heterocycles. The lowest BCUT2D eigenvalue weighted by Crippen LogP contribution is -2.27. The quantitative estimate of drug-likeness (QED) is 0.833. The number of benzene rings is 1. The molecular weight excluding hydrogens is 260 g/mol. The van der Waals surface area contributed by atoms with Crippen LogP contribution in [0.1, 0.15) is 53.7 Å². The molecule has 0 saturated heterocycles. The number of fused-ring (bicyclic) bond motifs is 1. The van der Waals surface area contributed by atoms with Gasteiger partial charge in [-0.3, -0.25) is 4.79 Å². The third-order valence-corrected chi connectivity index (χ3v) is 4.17. The van der Waals surface area contributed by atoms with Gasteiger partial charge in [-0.1, -0.05) is 41.5 Å². The van der Waals surface area contributed by atoms with Crippen LogP contribution in [0.5, 0.6) is 0 Å². The van der Waals surface area contributed by atoms with Crippen LogP contribution in [-0.4, -0.2) is 10.9 Å². The van der Waals surface area contributed by atoms with Gasteiger partial charge in [0.05, 0.1) is 0 Å². The Morgan fingerprint density at radius 2 is 1.81 bits per heavy atom. The Morgan fingerprint density at radius 3 is 2.38 bits per heavy atom. The lowest BCUT2D eigenvalue weighted by atomic mass is 9.86. The summed E-state index contributed by atoms with van der Waals surface area (Å²) in [5.74, 6) is 0.0338. The summed E-state index contributed by atoms with van der Waals surface area (Å²) < 4.78 is 0. The van der Waals surface area contributed by atoms with E-state index in [0.717, 1.165) is 23.0 Å². The van der Waals surface area contributed by atoms with Crippen molar-refractivity contribution >= 4 is 22.5 Å². The monoisotopic (exact) mass is 286 g/mol. The highest BCUT2D eigenvalue weighted by Gasteiger charge is 2.22. The molecule has 2 aromatic rings. The Balaban J connectivity index is 2.32. The number of anilines is 1. The largest absolute Gasteiger partial charge is 0.358 e. The Morgan fingerprint density at radius 1 is 1.14 bits per heavy atom. The number of carbonyl (C=O) groups excluding carboxylic acids is 1. The van der Waals surface area contributed by atoms with Crippen molar-refractivity contribution in [2.45, 2.75) is 53.4 Å². The molecule has 3 heteroatoms. The summed E-state index contributed by atoms with van der Waals surface area (Å²) in [7, 11) is 0. The third-order valence-electron chi connectivity index (χ3n) is 4.17. The van der Waals surface area contributed by atoms with Crippen LogP contribution in [0.3, 0.4) is 0 Å². The molecule has 1 aromatic carbocycles. The second-order valence-electron chi connectivity index (χ2n) is 7.43. The summed E-state index contributed by atoms with van der Waals surface area (Å²) in [4.78, 5) is 15.5. The van der Waals surface area contributed by atoms with Crippen molar-refractivity contribution in [1.29, 1.82) is 0 Å². The maximum Gasteiger partial charge on any atom is 0.229 e. The van der Waals surface area contributed by atoms with Crippen molar-refractivity contribution in [3.63, 3.8) is 0 Å². The Bertz CT molecular complexity index is 659. The minimum absolute atomic E-state index is 0.0338. The number of carbonyl (C=O) groups is 1. The van der Waals surface area contributed by atoms with Gasteiger partial charge in [-0.25, -0.2) is 0 Å². The number of H-pyrrole nitrogens is 1. The van der Waals surface area contributed by atoms with Gasteiger partial charge >= 0.3 is 0 Å². The van der Waals surface area contributed by atoms with E-state index in [2.05, 4.69) is 37.1 Å². The summed E-state index contributed by atoms with van der Waals surface area (Å²) in [6.45, 7) is 12.4. The number of rotatable bonds is 3. The molecule has 0 aliphatic carbocycles. The molecule has 0 radical (unpaired) electrons. The smallest absolute Gasteiger partial charge is 0.229 e. The molecule has 0 bridgehead atoms. The number of hydrogen-bond donors (Lipinski definition) is 2. The number of aromatic amines is 1. The van der Waals surface area contributed by atoms with Crippen molar-refractivity contribution in [2.75, 3.05) is 5.32 Å². The fourth-order valence-electron chi connectivity index (χ4n) is 2.08. The van der Waals surface area contributed by atoms with Crippen LogP contribution >= 0.6 is 0 Å². The summed E-state index contributed by atoms with van der Waals surface area (Å²) in [5.41, 5.74) is 2.94. The predicted molar refractivity (Wildman–Crippen MR) is 89.7 cm³/mol. The van der Waals surface area contributed by atoms with Crippen LogP contribution in [0.15, 0.2) is 24.3 Å². The average molecular weight is 286 g/mol. The highest BCUT2D eigenvalue weighted by Crippen LogP contribution is 2.30. The van der Waals surface area contributed by atoms with Gasteiger partial charge in [-0.05, 0) is 30.7 Å². The second-order valence-corrected chi connectivity index (χ2v) is 7.43. The summed E-state index contributed by atoms with van der Waals surface area (Å²) in [6.07, 6.45) is 1.08. The molecule has 0 spiro atoms. The predicted octanol–water partition coefficient (Wildman–Crippen LogP) is 4.84. The molecule has 114 valence electrons. The standard InChI is InChI=1S/C18H26N2O/c1-7-18(5,6)15-11-12-10-13(8-9-14(12)20-15)19-16(21)17(2,3)4/h8-11,20H,7H2,1-6H3,(H,19,21). The Kier molecular flexibility index (Phi) is 3.87. The molecule has 0 fully saturated rings. The molecule has 0 aliphatic rings. The van der Waals surface area contributed by atoms with Crippen LogP contribution in [0.2, 0.25) is 0 Å². The molecule has 21 heavy (non-hydrogen) atoms. The van der Waals surface area contributed by atoms with E-state index in [9.17, 15) is 4.79 Å². The summed E-state index contributed by atoms with van der Waals surface area (Å²) >= 11 is 0. The number of hydrogen-bond acceptors (Lipinski definition) is 1. The molecule has 0 atom stereocenters. The third kappa shape index (κ3) is 3.29. The molecule has 2 N–H and O–H groups in total. The van der Waals surface area contributed by atoms with Crippen molar-refractivity contribution in [2.24, 2.45) is 5.41 Å². The lowest BCUT2D eigenvalue weighted by Gasteiger charge is -2.20. The highest BCUT2D eigenvalue weighted by atomic mass is 16.2. The van der Waals surface area contributed by atoms with Crippen molar-refractivity contribution in [1.82, 2.24) is 4.98 Å². The maximum atomic E-state index is 12.1. The molecule has 0 aliphatic heterocycles. The van der Waals surface area contributed by atoms with Gasteiger partial charge in [-0.2, -0.15) is 0 Å². The van der Waals surface area contributed by atoms with Gasteiger partial charge in [-0.15, -0.1) is 0 Å². The fourth-order valence-corrected chi connectivity index (χ4v) is 2.08. The van der Waals surface area contributed by atoms with E-state index in [4.69, 9.17) is 0 Å². The van der Waals surface area contributed by atoms with Gasteiger partial charge in [0.1, 0.15) is 0 Å². The van der Waals surface area contributed by atoms with Gasteiger partial charge in [0, 0.05) is 33.1 Å². The average Bonchev–Trinajstić information content (AvgIpc) is 2.81. The van der Waals surface area contributed by atoms with Crippen LogP contribution in [0.4, 0.5) is 5.69 Å². The number of aromatic nitrogens is 1. The van der Waals surface area contributed by atoms with Crippen LogP contribution in [0.25, 0.3) is 10.9 Å². The zero-order valence-electron chi connectivity index (χ0n) is 13.9. The van der Waals surface area contributed by atoms with Crippen molar-refractivity contribution in [3.05, 3.63) is 30.0 Å². The van der Waals surface area contributed by atoms with Gasteiger partial charge in [0.15, 0.2) is 0 Å². The normalized spacial score (nSPS) is 12.7. The molecule has 1 amide bonds. The molecule has 0 unspecified atom stereocenters. The first-order valence-corrected chi connectivity index (χ1v) is 7.58. The van der Waals surface area contributed by atoms with Crippen LogP contribution < -0.4 is 5.32 Å². The van der Waals surface area contributed by atoms with E-state index >= 15 is 0 Å². The molecule has 2 rings (SSSR count). The highest BCUT2D eigenvalue weighted by molar-refractivity contribution is 5.96. The number of amides is 1. The number of nitrogens with one attached hydrogen (secondary N) is 2. The minimum atomic E-state index is -0.386. The molecule has 0 saturated carbocycles. The first-order chi connectivity index (χ1) is 9.63. The van der Waals surface area contributed by atoms with Crippen LogP contribution in [-0.2, 0) is 10.2 Å². The van der Waals surface area contributed by atoms with Crippen molar-refractivity contribution < 1.29 is 4.79 Å². The fraction of sp³-hybridized carbons (Fsp3) is 0.500. The van der Waals surface area contributed by atoms with E-state index in [1.54, 1.807) is 0 Å². The van der Waals surface area contributed by atoms with E-state index < -0.39 is 0 Å². The zero-order valence-corrected chi connectivity index (χ0v) is 13.9. The minimum Gasteiger partial charge on any atom is -0.358 e. The van der Waals surface area contributed by atoms with E-state index in [-0.39, 0.29) is 16.7 Å². The summed E-state index contributed by atoms with van der Waals surface area (Å²) in [5, 5.41) is 4.12. The second kappa shape index (κ2) is 5.21. The van der Waals surface area contributed by atoms with Crippen molar-refractivity contribution in [3.8, 4) is 0 Å². The van der Waals surface area contributed by atoms with Crippen LogP contribution in [0, 0.1) is 5.41 Å². The Hall–Kier alpha value is -1.77. The molecule has 3 nitrogen and oxygen atoms in total.